The van der Waals surface area contributed by atoms with E-state index >= 15 is 0 Å². The van der Waals surface area contributed by atoms with Crippen LogP contribution in [0, 0.1) is 5.92 Å². The van der Waals surface area contributed by atoms with Crippen LogP contribution in [0.15, 0.2) is 57.3 Å². The minimum atomic E-state index is -0.536. The van der Waals surface area contributed by atoms with E-state index in [1.165, 1.54) is 7.11 Å². The minimum absolute atomic E-state index is 0.116. The molecule has 0 amide bonds. The summed E-state index contributed by atoms with van der Waals surface area (Å²) in [5, 5.41) is 10.2. The molecule has 0 spiro atoms. The van der Waals surface area contributed by atoms with E-state index in [2.05, 4.69) is 15.9 Å². The van der Waals surface area contributed by atoms with Gasteiger partial charge in [-0.05, 0) is 29.5 Å². The van der Waals surface area contributed by atoms with Gasteiger partial charge in [-0.15, -0.1) is 0 Å². The molecule has 2 rings (SSSR count). The number of aliphatic hydroxyl groups is 1. The molecule has 0 saturated heterocycles. The number of hydrogen-bond acceptors (Lipinski definition) is 3. The number of halogens is 1. The molecule has 19 heavy (non-hydrogen) atoms. The highest BCUT2D eigenvalue weighted by Crippen LogP contribution is 2.32. The maximum Gasteiger partial charge on any atom is 0.316 e. The normalized spacial score (nSPS) is 22.7. The summed E-state index contributed by atoms with van der Waals surface area (Å²) in [6, 6.07) is 0. The monoisotopic (exact) mass is 322 g/mol. The van der Waals surface area contributed by atoms with E-state index in [4.69, 9.17) is 4.74 Å². The number of carbonyl (C=O) groups excluding carboxylic acids is 1. The Labute approximate surface area is 120 Å². The van der Waals surface area contributed by atoms with Crippen molar-refractivity contribution in [2.75, 3.05) is 7.11 Å². The molecule has 4 heteroatoms. The lowest BCUT2D eigenvalue weighted by Gasteiger charge is -2.09. The van der Waals surface area contributed by atoms with Crippen LogP contribution in [0.5, 0.6) is 0 Å². The zero-order valence-corrected chi connectivity index (χ0v) is 12.4. The number of ether oxygens (including phenoxy) is 1. The molecular weight excluding hydrogens is 308 g/mol. The van der Waals surface area contributed by atoms with Gasteiger partial charge < -0.3 is 9.84 Å². The first-order valence-electron chi connectivity index (χ1n) is 5.97. The number of carbonyl (C=O) groups is 1. The predicted octanol–water partition coefficient (Wildman–Crippen LogP) is 3.71. The summed E-state index contributed by atoms with van der Waals surface area (Å²) in [6.07, 6.45) is 9.99. The van der Waals surface area contributed by atoms with Gasteiger partial charge in [-0.3, -0.25) is 4.79 Å². The van der Waals surface area contributed by atoms with Gasteiger partial charge in [0.1, 0.15) is 5.76 Å². The summed E-state index contributed by atoms with van der Waals surface area (Å²) in [6.45, 7) is 1.86. The van der Waals surface area contributed by atoms with E-state index in [1.54, 1.807) is 6.08 Å². The largest absolute Gasteiger partial charge is 0.508 e. The molecular formula is C15H15BrO3. The van der Waals surface area contributed by atoms with Gasteiger partial charge in [-0.25, -0.2) is 0 Å². The van der Waals surface area contributed by atoms with Crippen molar-refractivity contribution >= 4 is 21.9 Å². The van der Waals surface area contributed by atoms with Crippen LogP contribution in [-0.4, -0.2) is 18.2 Å². The second-order valence-corrected chi connectivity index (χ2v) is 5.52. The number of hydrogen-bond donors (Lipinski definition) is 1. The van der Waals surface area contributed by atoms with Crippen LogP contribution in [-0.2, 0) is 9.53 Å². The zero-order chi connectivity index (χ0) is 14.0. The summed E-state index contributed by atoms with van der Waals surface area (Å²) in [5.41, 5.74) is 2.49. The van der Waals surface area contributed by atoms with Gasteiger partial charge in [-0.2, -0.15) is 0 Å². The predicted molar refractivity (Wildman–Crippen MR) is 77.8 cm³/mol. The molecule has 3 nitrogen and oxygen atoms in total. The van der Waals surface area contributed by atoms with Crippen molar-refractivity contribution in [2.45, 2.75) is 13.3 Å². The molecule has 0 aliphatic heterocycles. The Bertz CT molecular complexity index is 562. The fourth-order valence-corrected chi connectivity index (χ4v) is 2.42. The van der Waals surface area contributed by atoms with Crippen LogP contribution in [0.4, 0.5) is 0 Å². The maximum atomic E-state index is 11.7. The summed E-state index contributed by atoms with van der Waals surface area (Å²) >= 11 is 3.45. The average Bonchev–Trinajstić information content (AvgIpc) is 2.63. The number of rotatable bonds is 1. The Morgan fingerprint density at radius 2 is 2.21 bits per heavy atom. The van der Waals surface area contributed by atoms with Crippen LogP contribution >= 0.6 is 15.9 Å². The third kappa shape index (κ3) is 2.89. The molecule has 1 unspecified atom stereocenters. The molecule has 2 aliphatic carbocycles. The van der Waals surface area contributed by atoms with E-state index in [-0.39, 0.29) is 11.7 Å². The van der Waals surface area contributed by atoms with Crippen LogP contribution in [0.2, 0.25) is 0 Å². The van der Waals surface area contributed by atoms with E-state index in [0.29, 0.717) is 6.42 Å². The first-order valence-corrected chi connectivity index (χ1v) is 6.76. The Kier molecular flexibility index (Phi) is 4.10. The van der Waals surface area contributed by atoms with Crippen LogP contribution in [0.25, 0.3) is 0 Å². The maximum absolute atomic E-state index is 11.7. The van der Waals surface area contributed by atoms with Crippen LogP contribution in [0.3, 0.4) is 0 Å². The topological polar surface area (TPSA) is 46.5 Å². The lowest BCUT2D eigenvalue weighted by Crippen LogP contribution is -2.15. The molecule has 0 saturated carbocycles. The van der Waals surface area contributed by atoms with E-state index in [0.717, 1.165) is 21.2 Å². The zero-order valence-electron chi connectivity index (χ0n) is 10.8. The smallest absolute Gasteiger partial charge is 0.316 e. The number of methoxy groups -OCH3 is 1. The molecule has 1 N–H and O–H groups in total. The van der Waals surface area contributed by atoms with Crippen molar-refractivity contribution in [1.82, 2.24) is 0 Å². The van der Waals surface area contributed by atoms with Crippen molar-refractivity contribution in [1.29, 1.82) is 0 Å². The molecule has 0 fully saturated rings. The van der Waals surface area contributed by atoms with Crippen molar-refractivity contribution in [3.8, 4) is 0 Å². The second-order valence-electron chi connectivity index (χ2n) is 4.50. The first kappa shape index (κ1) is 13.9. The summed E-state index contributed by atoms with van der Waals surface area (Å²) in [4.78, 5) is 11.7. The van der Waals surface area contributed by atoms with Gasteiger partial charge in [0.05, 0.1) is 13.0 Å². The average molecular weight is 323 g/mol. The summed E-state index contributed by atoms with van der Waals surface area (Å²) in [7, 11) is 1.35. The van der Waals surface area contributed by atoms with E-state index < -0.39 is 5.92 Å². The van der Waals surface area contributed by atoms with Gasteiger partial charge in [0.2, 0.25) is 0 Å². The van der Waals surface area contributed by atoms with Crippen molar-refractivity contribution in [3.05, 3.63) is 57.3 Å². The number of fused-ring (bicyclic) bond motifs is 1. The second kappa shape index (κ2) is 5.61. The first-order chi connectivity index (χ1) is 9.02. The van der Waals surface area contributed by atoms with Gasteiger partial charge in [0.25, 0.3) is 0 Å². The molecule has 100 valence electrons. The van der Waals surface area contributed by atoms with Crippen molar-refractivity contribution in [3.63, 3.8) is 0 Å². The Morgan fingerprint density at radius 3 is 2.89 bits per heavy atom. The highest BCUT2D eigenvalue weighted by Gasteiger charge is 2.25. The molecule has 0 aromatic carbocycles. The fourth-order valence-electron chi connectivity index (χ4n) is 2.13. The number of allylic oxidation sites excluding steroid dienone is 6. The lowest BCUT2D eigenvalue weighted by molar-refractivity contribution is -0.142. The summed E-state index contributed by atoms with van der Waals surface area (Å²) in [5.74, 6) is -0.786. The highest BCUT2D eigenvalue weighted by molar-refractivity contribution is 9.11. The molecule has 0 aromatic rings. The lowest BCUT2D eigenvalue weighted by atomic mass is 10.00. The van der Waals surface area contributed by atoms with Crippen LogP contribution < -0.4 is 0 Å². The number of aliphatic hydroxyl groups excluding tert-OH is 1. The molecule has 1 atom stereocenters. The highest BCUT2D eigenvalue weighted by atomic mass is 79.9. The third-order valence-corrected chi connectivity index (χ3v) is 3.77. The molecule has 0 radical (unpaired) electrons. The Hall–Kier alpha value is -1.55. The van der Waals surface area contributed by atoms with Gasteiger partial charge in [0, 0.05) is 5.57 Å². The quantitative estimate of drug-likeness (QED) is 0.748. The Morgan fingerprint density at radius 1 is 1.47 bits per heavy atom. The van der Waals surface area contributed by atoms with E-state index in [9.17, 15) is 9.90 Å². The van der Waals surface area contributed by atoms with Gasteiger partial charge in [0.15, 0.2) is 0 Å². The third-order valence-electron chi connectivity index (χ3n) is 3.19. The SMILES string of the molecule is COC(=O)C1C=C(O)C2=CCC(Br)=CC=C2C=C1C. The molecule has 0 bridgehead atoms. The van der Waals surface area contributed by atoms with Crippen LogP contribution in [0.1, 0.15) is 13.3 Å². The van der Waals surface area contributed by atoms with E-state index in [1.807, 2.05) is 31.2 Å². The van der Waals surface area contributed by atoms with Crippen molar-refractivity contribution < 1.29 is 14.6 Å². The molecule has 2 aliphatic rings. The summed E-state index contributed by atoms with van der Waals surface area (Å²) < 4.78 is 5.81. The standard InChI is InChI=1S/C15H15BrO3/c1-9-7-10-3-4-11(16)5-6-12(10)14(17)8-13(9)15(18)19-2/h3-4,6-8,13,17H,5H2,1-2H3. The Balaban J connectivity index is 2.52. The fraction of sp³-hybridized carbons (Fsp3) is 0.267. The van der Waals surface area contributed by atoms with Gasteiger partial charge >= 0.3 is 5.97 Å². The number of esters is 1. The van der Waals surface area contributed by atoms with Gasteiger partial charge in [-0.1, -0.05) is 45.8 Å². The molecule has 0 heterocycles. The minimum Gasteiger partial charge on any atom is -0.508 e. The molecule has 0 aromatic heterocycles. The van der Waals surface area contributed by atoms with Crippen molar-refractivity contribution in [2.24, 2.45) is 5.92 Å².